The lowest BCUT2D eigenvalue weighted by Crippen LogP contribution is -2.64. The summed E-state index contributed by atoms with van der Waals surface area (Å²) in [5, 5.41) is 10.1. The van der Waals surface area contributed by atoms with Crippen LogP contribution in [0.15, 0.2) is 4.99 Å². The first-order valence-corrected chi connectivity index (χ1v) is 10.6. The van der Waals surface area contributed by atoms with E-state index in [4.69, 9.17) is 0 Å². The Balaban J connectivity index is 1.34. The number of fused-ring (bicyclic) bond motifs is 3. The van der Waals surface area contributed by atoms with E-state index in [1.54, 1.807) is 0 Å². The number of nitrogens with zero attached hydrogens (tertiary/aromatic N) is 4. The second-order valence-electron chi connectivity index (χ2n) is 7.99. The normalized spacial score (nSPS) is 29.6. The van der Waals surface area contributed by atoms with Crippen molar-refractivity contribution in [2.24, 2.45) is 4.99 Å². The van der Waals surface area contributed by atoms with Crippen LogP contribution in [0.1, 0.15) is 26.2 Å². The van der Waals surface area contributed by atoms with E-state index in [9.17, 15) is 4.79 Å². The number of hydrogen-bond acceptors (Lipinski definition) is 5. The molecule has 1 amide bonds. The number of nitrogens with one attached hydrogen (secondary N) is 3. The Kier molecular flexibility index (Phi) is 7.72. The SMILES string of the molecule is CCCNC(=O)CN1CCC(NC(=NC)NCC2CN3CCN2CC3)CC1. The van der Waals surface area contributed by atoms with Gasteiger partial charge in [-0.15, -0.1) is 0 Å². The highest BCUT2D eigenvalue weighted by Crippen LogP contribution is 2.15. The molecule has 2 bridgehead atoms. The van der Waals surface area contributed by atoms with Gasteiger partial charge in [0, 0.05) is 78.0 Å². The molecule has 1 unspecified atom stereocenters. The van der Waals surface area contributed by atoms with Crippen molar-refractivity contribution in [2.45, 2.75) is 38.3 Å². The Morgan fingerprint density at radius 3 is 2.41 bits per heavy atom. The topological polar surface area (TPSA) is 75.2 Å². The maximum Gasteiger partial charge on any atom is 0.234 e. The summed E-state index contributed by atoms with van der Waals surface area (Å²) in [6, 6.07) is 1.02. The van der Waals surface area contributed by atoms with E-state index in [0.717, 1.165) is 51.4 Å². The summed E-state index contributed by atoms with van der Waals surface area (Å²) < 4.78 is 0. The molecule has 0 saturated carbocycles. The van der Waals surface area contributed by atoms with Gasteiger partial charge in [-0.2, -0.15) is 0 Å². The highest BCUT2D eigenvalue weighted by Gasteiger charge is 2.31. The average molecular weight is 380 g/mol. The van der Waals surface area contributed by atoms with Crippen molar-refractivity contribution >= 4 is 11.9 Å². The summed E-state index contributed by atoms with van der Waals surface area (Å²) in [7, 11) is 1.85. The molecule has 0 aliphatic carbocycles. The lowest BCUT2D eigenvalue weighted by atomic mass is 10.1. The van der Waals surface area contributed by atoms with Gasteiger partial charge >= 0.3 is 0 Å². The molecular formula is C19H37N7O. The number of aliphatic imine (C=N–C) groups is 1. The van der Waals surface area contributed by atoms with Gasteiger partial charge in [0.25, 0.3) is 0 Å². The smallest absolute Gasteiger partial charge is 0.234 e. The molecule has 0 radical (unpaired) electrons. The Morgan fingerprint density at radius 1 is 1.07 bits per heavy atom. The van der Waals surface area contributed by atoms with Gasteiger partial charge in [0.05, 0.1) is 6.54 Å². The van der Waals surface area contributed by atoms with Crippen molar-refractivity contribution in [1.82, 2.24) is 30.7 Å². The van der Waals surface area contributed by atoms with Crippen LogP contribution in [0.5, 0.6) is 0 Å². The second kappa shape index (κ2) is 10.2. The van der Waals surface area contributed by atoms with Gasteiger partial charge in [0.1, 0.15) is 0 Å². The maximum absolute atomic E-state index is 11.9. The molecule has 154 valence electrons. The van der Waals surface area contributed by atoms with Crippen LogP contribution in [0.25, 0.3) is 0 Å². The van der Waals surface area contributed by atoms with E-state index in [2.05, 4.69) is 42.6 Å². The third-order valence-corrected chi connectivity index (χ3v) is 5.99. The predicted molar refractivity (Wildman–Crippen MR) is 109 cm³/mol. The molecule has 8 nitrogen and oxygen atoms in total. The van der Waals surface area contributed by atoms with Crippen molar-refractivity contribution in [3.8, 4) is 0 Å². The summed E-state index contributed by atoms with van der Waals surface area (Å²) >= 11 is 0. The minimum atomic E-state index is 0.147. The number of likely N-dealkylation sites (tertiary alicyclic amines) is 1. The first kappa shape index (κ1) is 20.4. The van der Waals surface area contributed by atoms with E-state index >= 15 is 0 Å². The van der Waals surface area contributed by atoms with Crippen molar-refractivity contribution in [3.05, 3.63) is 0 Å². The fourth-order valence-electron chi connectivity index (χ4n) is 4.28. The van der Waals surface area contributed by atoms with Crippen molar-refractivity contribution in [3.63, 3.8) is 0 Å². The standard InChI is InChI=1S/C19H37N7O/c1-3-6-21-18(27)15-24-7-4-16(5-8-24)23-19(20-2)22-13-17-14-25-9-11-26(17)12-10-25/h16-17H,3-15H2,1-2H3,(H,21,27)(H2,20,22,23). The number of hydrogen-bond donors (Lipinski definition) is 3. The van der Waals surface area contributed by atoms with Crippen LogP contribution in [-0.2, 0) is 4.79 Å². The molecule has 4 fully saturated rings. The zero-order valence-electron chi connectivity index (χ0n) is 17.0. The Hall–Kier alpha value is -1.38. The van der Waals surface area contributed by atoms with E-state index in [-0.39, 0.29) is 5.91 Å². The molecule has 3 N–H and O–H groups in total. The van der Waals surface area contributed by atoms with Gasteiger partial charge in [-0.25, -0.2) is 0 Å². The second-order valence-corrected chi connectivity index (χ2v) is 7.99. The highest BCUT2D eigenvalue weighted by atomic mass is 16.2. The molecule has 0 aromatic rings. The third-order valence-electron chi connectivity index (χ3n) is 5.99. The molecule has 27 heavy (non-hydrogen) atoms. The zero-order valence-corrected chi connectivity index (χ0v) is 17.0. The Bertz CT molecular complexity index is 496. The quantitative estimate of drug-likeness (QED) is 0.395. The van der Waals surface area contributed by atoms with E-state index < -0.39 is 0 Å². The van der Waals surface area contributed by atoms with E-state index in [1.165, 1.54) is 32.7 Å². The van der Waals surface area contributed by atoms with Gasteiger partial charge < -0.3 is 16.0 Å². The minimum Gasteiger partial charge on any atom is -0.355 e. The molecule has 4 heterocycles. The van der Waals surface area contributed by atoms with Crippen LogP contribution in [-0.4, -0.2) is 111 Å². The summed E-state index contributed by atoms with van der Waals surface area (Å²) in [4.78, 5) is 23.7. The highest BCUT2D eigenvalue weighted by molar-refractivity contribution is 5.80. The van der Waals surface area contributed by atoms with Crippen molar-refractivity contribution < 1.29 is 4.79 Å². The van der Waals surface area contributed by atoms with Crippen LogP contribution < -0.4 is 16.0 Å². The van der Waals surface area contributed by atoms with Gasteiger partial charge in [0.15, 0.2) is 5.96 Å². The molecule has 8 heteroatoms. The number of piperazine rings is 3. The lowest BCUT2D eigenvalue weighted by molar-refractivity contribution is -0.122. The van der Waals surface area contributed by atoms with Gasteiger partial charge in [0.2, 0.25) is 5.91 Å². The Morgan fingerprint density at radius 2 is 1.81 bits per heavy atom. The summed E-state index contributed by atoms with van der Waals surface area (Å²) in [5.74, 6) is 1.06. The first-order valence-electron chi connectivity index (χ1n) is 10.6. The maximum atomic E-state index is 11.9. The molecule has 1 atom stereocenters. The van der Waals surface area contributed by atoms with Crippen LogP contribution in [0.2, 0.25) is 0 Å². The molecule has 4 aliphatic heterocycles. The Labute approximate surface area is 163 Å². The van der Waals surface area contributed by atoms with Crippen molar-refractivity contribution in [2.75, 3.05) is 72.5 Å². The predicted octanol–water partition coefficient (Wildman–Crippen LogP) is -0.858. The third kappa shape index (κ3) is 6.05. The van der Waals surface area contributed by atoms with E-state index in [1.807, 2.05) is 7.05 Å². The molecular weight excluding hydrogens is 342 g/mol. The zero-order chi connectivity index (χ0) is 19.1. The molecule has 4 rings (SSSR count). The number of carbonyl (C=O) groups excluding carboxylic acids is 1. The van der Waals surface area contributed by atoms with E-state index in [0.29, 0.717) is 18.6 Å². The minimum absolute atomic E-state index is 0.147. The van der Waals surface area contributed by atoms with Crippen LogP contribution in [0.4, 0.5) is 0 Å². The monoisotopic (exact) mass is 379 g/mol. The molecule has 4 aliphatic rings. The van der Waals surface area contributed by atoms with Crippen LogP contribution >= 0.6 is 0 Å². The summed E-state index contributed by atoms with van der Waals surface area (Å²) in [5.41, 5.74) is 0. The summed E-state index contributed by atoms with van der Waals surface area (Å²) in [6.45, 7) is 12.2. The number of carbonyl (C=O) groups is 1. The number of amides is 1. The average Bonchev–Trinajstić information content (AvgIpc) is 2.71. The fraction of sp³-hybridized carbons (Fsp3) is 0.895. The molecule has 0 aromatic carbocycles. The molecule has 4 saturated heterocycles. The summed E-state index contributed by atoms with van der Waals surface area (Å²) in [6.07, 6.45) is 3.08. The van der Waals surface area contributed by atoms with Gasteiger partial charge in [-0.1, -0.05) is 6.92 Å². The number of piperidine rings is 1. The largest absolute Gasteiger partial charge is 0.355 e. The van der Waals surface area contributed by atoms with Crippen LogP contribution in [0, 0.1) is 0 Å². The fourth-order valence-corrected chi connectivity index (χ4v) is 4.28. The molecule has 0 aromatic heterocycles. The number of guanidine groups is 1. The number of rotatable bonds is 7. The van der Waals surface area contributed by atoms with Gasteiger partial charge in [-0.3, -0.25) is 24.5 Å². The molecule has 0 spiro atoms. The van der Waals surface area contributed by atoms with Crippen LogP contribution in [0.3, 0.4) is 0 Å². The van der Waals surface area contributed by atoms with Gasteiger partial charge in [-0.05, 0) is 19.3 Å². The first-order chi connectivity index (χ1) is 13.2. The lowest BCUT2D eigenvalue weighted by Gasteiger charge is -2.47. The van der Waals surface area contributed by atoms with Crippen molar-refractivity contribution in [1.29, 1.82) is 0 Å².